The van der Waals surface area contributed by atoms with Gasteiger partial charge in [-0.2, -0.15) is 8.78 Å². The van der Waals surface area contributed by atoms with Gasteiger partial charge in [0.1, 0.15) is 11.2 Å². The SMILES string of the molecule is CCC[C@@]1(C(=O)O)CN(Cc2cccc(OC(F)F)c2)CC[C@@H]1O. The van der Waals surface area contributed by atoms with Gasteiger partial charge in [0.05, 0.1) is 6.10 Å². The number of nitrogens with zero attached hydrogens (tertiary/aromatic N) is 1. The monoisotopic (exact) mass is 343 g/mol. The molecule has 0 amide bonds. The fourth-order valence-electron chi connectivity index (χ4n) is 3.39. The molecular formula is C17H23F2NO4. The normalized spacial score (nSPS) is 25.0. The van der Waals surface area contributed by atoms with Crippen LogP contribution >= 0.6 is 0 Å². The number of benzene rings is 1. The predicted octanol–water partition coefficient (Wildman–Crippen LogP) is 2.73. The van der Waals surface area contributed by atoms with E-state index in [-0.39, 0.29) is 12.3 Å². The Labute approximate surface area is 139 Å². The number of piperidine rings is 1. The highest BCUT2D eigenvalue weighted by atomic mass is 19.3. The third-order valence-electron chi connectivity index (χ3n) is 4.51. The fraction of sp³-hybridized carbons (Fsp3) is 0.588. The molecule has 1 heterocycles. The van der Waals surface area contributed by atoms with Gasteiger partial charge in [0.15, 0.2) is 0 Å². The first-order valence-electron chi connectivity index (χ1n) is 8.05. The Hall–Kier alpha value is -1.73. The molecule has 134 valence electrons. The summed E-state index contributed by atoms with van der Waals surface area (Å²) in [5.74, 6) is -0.908. The molecule has 7 heteroatoms. The van der Waals surface area contributed by atoms with E-state index in [1.54, 1.807) is 12.1 Å². The summed E-state index contributed by atoms with van der Waals surface area (Å²) >= 11 is 0. The van der Waals surface area contributed by atoms with Crippen molar-refractivity contribution in [3.63, 3.8) is 0 Å². The van der Waals surface area contributed by atoms with Crippen molar-refractivity contribution in [2.45, 2.75) is 45.4 Å². The van der Waals surface area contributed by atoms with E-state index in [9.17, 15) is 23.8 Å². The van der Waals surface area contributed by atoms with E-state index in [1.807, 2.05) is 11.8 Å². The molecule has 1 aromatic carbocycles. The molecule has 24 heavy (non-hydrogen) atoms. The number of ether oxygens (including phenoxy) is 1. The van der Waals surface area contributed by atoms with Gasteiger partial charge in [-0.05, 0) is 30.5 Å². The van der Waals surface area contributed by atoms with E-state index < -0.39 is 24.1 Å². The Morgan fingerprint density at radius 3 is 2.88 bits per heavy atom. The van der Waals surface area contributed by atoms with E-state index >= 15 is 0 Å². The van der Waals surface area contributed by atoms with Crippen molar-refractivity contribution in [1.82, 2.24) is 4.90 Å². The number of carboxylic acids is 1. The number of aliphatic hydroxyl groups is 1. The molecule has 5 nitrogen and oxygen atoms in total. The van der Waals surface area contributed by atoms with Gasteiger partial charge < -0.3 is 14.9 Å². The maximum Gasteiger partial charge on any atom is 0.387 e. The van der Waals surface area contributed by atoms with E-state index in [1.165, 1.54) is 12.1 Å². The van der Waals surface area contributed by atoms with Crippen molar-refractivity contribution < 1.29 is 28.5 Å². The molecule has 0 aliphatic carbocycles. The highest BCUT2D eigenvalue weighted by Crippen LogP contribution is 2.36. The van der Waals surface area contributed by atoms with E-state index in [0.29, 0.717) is 32.4 Å². The van der Waals surface area contributed by atoms with Crippen molar-refractivity contribution in [3.05, 3.63) is 29.8 Å². The summed E-state index contributed by atoms with van der Waals surface area (Å²) in [6.07, 6.45) is 0.558. The molecule has 2 atom stereocenters. The molecule has 1 aliphatic heterocycles. The zero-order chi connectivity index (χ0) is 17.7. The van der Waals surface area contributed by atoms with Crippen LogP contribution in [0, 0.1) is 5.41 Å². The summed E-state index contributed by atoms with van der Waals surface area (Å²) in [6, 6.07) is 6.39. The van der Waals surface area contributed by atoms with Crippen molar-refractivity contribution >= 4 is 5.97 Å². The van der Waals surface area contributed by atoms with Gasteiger partial charge in [0.25, 0.3) is 0 Å². The summed E-state index contributed by atoms with van der Waals surface area (Å²) in [7, 11) is 0. The molecule has 0 bridgehead atoms. The molecule has 2 rings (SSSR count). The minimum Gasteiger partial charge on any atom is -0.481 e. The van der Waals surface area contributed by atoms with Crippen LogP contribution in [-0.4, -0.2) is 46.9 Å². The summed E-state index contributed by atoms with van der Waals surface area (Å²) in [6.45, 7) is 0.222. The van der Waals surface area contributed by atoms with Gasteiger partial charge in [-0.25, -0.2) is 0 Å². The molecule has 1 saturated heterocycles. The van der Waals surface area contributed by atoms with Gasteiger partial charge >= 0.3 is 12.6 Å². The number of likely N-dealkylation sites (tertiary alicyclic amines) is 1. The van der Waals surface area contributed by atoms with Gasteiger partial charge in [-0.1, -0.05) is 25.5 Å². The van der Waals surface area contributed by atoms with Crippen molar-refractivity contribution in [1.29, 1.82) is 0 Å². The zero-order valence-corrected chi connectivity index (χ0v) is 13.6. The van der Waals surface area contributed by atoms with E-state index in [4.69, 9.17) is 0 Å². The minimum absolute atomic E-state index is 0.0811. The number of aliphatic hydroxyl groups excluding tert-OH is 1. The number of alkyl halides is 2. The second kappa shape index (κ2) is 7.90. The lowest BCUT2D eigenvalue weighted by Crippen LogP contribution is -2.55. The van der Waals surface area contributed by atoms with Crippen LogP contribution in [-0.2, 0) is 11.3 Å². The molecule has 0 aromatic heterocycles. The molecule has 0 radical (unpaired) electrons. The van der Waals surface area contributed by atoms with Crippen LogP contribution in [0.4, 0.5) is 8.78 Å². The quantitative estimate of drug-likeness (QED) is 0.797. The number of carboxylic acid groups (broad SMARTS) is 1. The number of hydrogen-bond donors (Lipinski definition) is 2. The summed E-state index contributed by atoms with van der Waals surface area (Å²) in [4.78, 5) is 13.7. The standard InChI is InChI=1S/C17H23F2NO4/c1-2-7-17(15(22)23)11-20(8-6-14(17)21)10-12-4-3-5-13(9-12)24-16(18)19/h3-5,9,14,16,21H,2,6-8,10-11H2,1H3,(H,22,23)/t14-,17+/m0/s1. The molecule has 2 N–H and O–H groups in total. The smallest absolute Gasteiger partial charge is 0.387 e. The van der Waals surface area contributed by atoms with Crippen LogP contribution in [0.15, 0.2) is 24.3 Å². The van der Waals surface area contributed by atoms with Gasteiger partial charge in [-0.3, -0.25) is 9.69 Å². The van der Waals surface area contributed by atoms with Crippen LogP contribution in [0.3, 0.4) is 0 Å². The van der Waals surface area contributed by atoms with Crippen molar-refractivity contribution in [2.75, 3.05) is 13.1 Å². The molecule has 1 aromatic rings. The third kappa shape index (κ3) is 4.21. The second-order valence-corrected chi connectivity index (χ2v) is 6.25. The lowest BCUT2D eigenvalue weighted by molar-refractivity contribution is -0.164. The average Bonchev–Trinajstić information content (AvgIpc) is 2.50. The minimum atomic E-state index is -2.88. The fourth-order valence-corrected chi connectivity index (χ4v) is 3.39. The van der Waals surface area contributed by atoms with Crippen LogP contribution in [0.5, 0.6) is 5.75 Å². The maximum absolute atomic E-state index is 12.3. The molecule has 0 saturated carbocycles. The van der Waals surface area contributed by atoms with Gasteiger partial charge in [0.2, 0.25) is 0 Å². The average molecular weight is 343 g/mol. The third-order valence-corrected chi connectivity index (χ3v) is 4.51. The Morgan fingerprint density at radius 1 is 1.50 bits per heavy atom. The van der Waals surface area contributed by atoms with Crippen molar-refractivity contribution in [2.24, 2.45) is 5.41 Å². The number of carbonyl (C=O) groups is 1. The lowest BCUT2D eigenvalue weighted by Gasteiger charge is -2.43. The highest BCUT2D eigenvalue weighted by molar-refractivity contribution is 5.76. The first-order valence-corrected chi connectivity index (χ1v) is 8.05. The van der Waals surface area contributed by atoms with Crippen LogP contribution in [0.1, 0.15) is 31.7 Å². The number of aliphatic carboxylic acids is 1. The topological polar surface area (TPSA) is 70.0 Å². The Balaban J connectivity index is 2.11. The molecule has 1 aliphatic rings. The van der Waals surface area contributed by atoms with E-state index in [2.05, 4.69) is 4.74 Å². The summed E-state index contributed by atoms with van der Waals surface area (Å²) in [5.41, 5.74) is -0.412. The number of rotatable bonds is 7. The van der Waals surface area contributed by atoms with Crippen molar-refractivity contribution in [3.8, 4) is 5.75 Å². The summed E-state index contributed by atoms with van der Waals surface area (Å²) < 4.78 is 29.0. The largest absolute Gasteiger partial charge is 0.481 e. The Kier molecular flexibility index (Phi) is 6.12. The van der Waals surface area contributed by atoms with Gasteiger partial charge in [-0.15, -0.1) is 0 Å². The number of hydrogen-bond acceptors (Lipinski definition) is 4. The number of halogens is 2. The van der Waals surface area contributed by atoms with Gasteiger partial charge in [0, 0.05) is 19.6 Å². The predicted molar refractivity (Wildman–Crippen MR) is 84.0 cm³/mol. The van der Waals surface area contributed by atoms with Crippen LogP contribution < -0.4 is 4.74 Å². The lowest BCUT2D eigenvalue weighted by atomic mass is 9.74. The van der Waals surface area contributed by atoms with Crippen LogP contribution in [0.25, 0.3) is 0 Å². The molecule has 0 spiro atoms. The highest BCUT2D eigenvalue weighted by Gasteiger charge is 2.48. The first-order chi connectivity index (χ1) is 11.4. The summed E-state index contributed by atoms with van der Waals surface area (Å²) in [5, 5.41) is 19.9. The molecular weight excluding hydrogens is 320 g/mol. The Bertz CT molecular complexity index is 569. The molecule has 1 fully saturated rings. The van der Waals surface area contributed by atoms with Crippen LogP contribution in [0.2, 0.25) is 0 Å². The van der Waals surface area contributed by atoms with E-state index in [0.717, 1.165) is 5.56 Å². The molecule has 0 unspecified atom stereocenters. The first kappa shape index (κ1) is 18.6. The maximum atomic E-state index is 12.3. The zero-order valence-electron chi connectivity index (χ0n) is 13.6. The Morgan fingerprint density at radius 2 is 2.25 bits per heavy atom. The second-order valence-electron chi connectivity index (χ2n) is 6.25.